The quantitative estimate of drug-likeness (QED) is 0.736. The minimum atomic E-state index is -1.50. The Labute approximate surface area is 148 Å². The Morgan fingerprint density at radius 3 is 2.76 bits per heavy atom. The number of aliphatic hydroxyl groups is 1. The first kappa shape index (κ1) is 15.9. The molecule has 8 heteroatoms. The Morgan fingerprint density at radius 2 is 2.12 bits per heavy atom. The first-order valence-electron chi connectivity index (χ1n) is 7.84. The number of fused-ring (bicyclic) bond motifs is 1. The standard InChI is InChI=1S/C17H17N5O2S/c1-9-10(2)25-15-12(9)14(22-7-17(24,8-22)16(18)23)20-13(21-15)11-4-3-5-19-6-11/h3-6,24H,7-8H2,1-2H3,(H2,18,23). The van der Waals surface area contributed by atoms with Gasteiger partial charge in [0.2, 0.25) is 0 Å². The van der Waals surface area contributed by atoms with Gasteiger partial charge in [-0.3, -0.25) is 9.78 Å². The maximum absolute atomic E-state index is 11.4. The molecule has 25 heavy (non-hydrogen) atoms. The van der Waals surface area contributed by atoms with E-state index in [1.807, 2.05) is 30.9 Å². The molecule has 0 aliphatic carbocycles. The molecule has 0 unspecified atom stereocenters. The fraction of sp³-hybridized carbons (Fsp3) is 0.294. The molecule has 3 aromatic heterocycles. The van der Waals surface area contributed by atoms with Crippen LogP contribution < -0.4 is 10.6 Å². The molecule has 1 amide bonds. The van der Waals surface area contributed by atoms with Gasteiger partial charge in [-0.25, -0.2) is 9.97 Å². The van der Waals surface area contributed by atoms with Crippen molar-refractivity contribution < 1.29 is 9.90 Å². The summed E-state index contributed by atoms with van der Waals surface area (Å²) in [6, 6.07) is 3.74. The zero-order chi connectivity index (χ0) is 17.8. The molecular weight excluding hydrogens is 338 g/mol. The lowest BCUT2D eigenvalue weighted by molar-refractivity contribution is -0.138. The van der Waals surface area contributed by atoms with Crippen molar-refractivity contribution in [2.45, 2.75) is 19.4 Å². The van der Waals surface area contributed by atoms with Crippen molar-refractivity contribution in [3.63, 3.8) is 0 Å². The first-order chi connectivity index (χ1) is 11.9. The van der Waals surface area contributed by atoms with Crippen molar-refractivity contribution in [3.8, 4) is 11.4 Å². The van der Waals surface area contributed by atoms with E-state index in [4.69, 9.17) is 10.7 Å². The fourth-order valence-electron chi connectivity index (χ4n) is 2.97. The number of rotatable bonds is 3. The Balaban J connectivity index is 1.86. The predicted molar refractivity (Wildman–Crippen MR) is 96.5 cm³/mol. The maximum Gasteiger partial charge on any atom is 0.253 e. The summed E-state index contributed by atoms with van der Waals surface area (Å²) in [7, 11) is 0. The summed E-state index contributed by atoms with van der Waals surface area (Å²) >= 11 is 1.61. The van der Waals surface area contributed by atoms with E-state index in [0.717, 1.165) is 27.2 Å². The number of anilines is 1. The number of carbonyl (C=O) groups excluding carboxylic acids is 1. The minimum absolute atomic E-state index is 0.134. The van der Waals surface area contributed by atoms with E-state index in [0.29, 0.717) is 5.82 Å². The van der Waals surface area contributed by atoms with Crippen LogP contribution in [-0.4, -0.2) is 44.7 Å². The molecule has 0 spiro atoms. The van der Waals surface area contributed by atoms with Gasteiger partial charge in [-0.15, -0.1) is 11.3 Å². The van der Waals surface area contributed by atoms with E-state index >= 15 is 0 Å². The van der Waals surface area contributed by atoms with Crippen molar-refractivity contribution in [3.05, 3.63) is 35.0 Å². The van der Waals surface area contributed by atoms with E-state index < -0.39 is 11.5 Å². The number of carbonyl (C=O) groups is 1. The number of hydrogen-bond acceptors (Lipinski definition) is 7. The van der Waals surface area contributed by atoms with E-state index in [2.05, 4.69) is 9.97 Å². The average molecular weight is 355 g/mol. The Hall–Kier alpha value is -2.58. The molecule has 4 rings (SSSR count). The SMILES string of the molecule is Cc1sc2nc(-c3cccnc3)nc(N3CC(O)(C(N)=O)C3)c2c1C. The smallest absolute Gasteiger partial charge is 0.253 e. The van der Waals surface area contributed by atoms with Crippen LogP contribution >= 0.6 is 11.3 Å². The summed E-state index contributed by atoms with van der Waals surface area (Å²) in [4.78, 5) is 28.9. The highest BCUT2D eigenvalue weighted by Crippen LogP contribution is 2.39. The number of aryl methyl sites for hydroxylation is 2. The Bertz CT molecular complexity index is 980. The van der Waals surface area contributed by atoms with Crippen LogP contribution in [0.25, 0.3) is 21.6 Å². The minimum Gasteiger partial charge on any atom is -0.377 e. The summed E-state index contributed by atoms with van der Waals surface area (Å²) in [5, 5.41) is 11.1. The lowest BCUT2D eigenvalue weighted by atomic mass is 9.93. The number of β-amino-alcohol motifs (C(OH)–C–C–N with tert-alkyl or cyclic N) is 1. The molecule has 0 bridgehead atoms. The zero-order valence-corrected chi connectivity index (χ0v) is 14.7. The lowest BCUT2D eigenvalue weighted by Gasteiger charge is -2.45. The zero-order valence-electron chi connectivity index (χ0n) is 13.9. The molecule has 1 aliphatic rings. The van der Waals surface area contributed by atoms with Gasteiger partial charge in [-0.1, -0.05) is 0 Å². The number of hydrogen-bond donors (Lipinski definition) is 2. The molecule has 0 atom stereocenters. The van der Waals surface area contributed by atoms with Gasteiger partial charge < -0.3 is 15.7 Å². The van der Waals surface area contributed by atoms with Crippen molar-refractivity contribution in [1.82, 2.24) is 15.0 Å². The number of thiophene rings is 1. The van der Waals surface area contributed by atoms with Gasteiger partial charge in [-0.05, 0) is 31.5 Å². The topological polar surface area (TPSA) is 105 Å². The molecule has 4 heterocycles. The third-order valence-corrected chi connectivity index (χ3v) is 5.69. The van der Waals surface area contributed by atoms with Crippen LogP contribution in [-0.2, 0) is 4.79 Å². The van der Waals surface area contributed by atoms with Gasteiger partial charge in [0.1, 0.15) is 10.6 Å². The molecule has 3 aromatic rings. The van der Waals surface area contributed by atoms with Gasteiger partial charge in [0.05, 0.1) is 18.5 Å². The van der Waals surface area contributed by atoms with Crippen LogP contribution in [0.4, 0.5) is 5.82 Å². The summed E-state index contributed by atoms with van der Waals surface area (Å²) in [5.41, 5.74) is 5.72. The second-order valence-corrected chi connectivity index (χ2v) is 7.53. The third-order valence-electron chi connectivity index (χ3n) is 4.59. The fourth-order valence-corrected chi connectivity index (χ4v) is 4.00. The number of aromatic nitrogens is 3. The second kappa shape index (κ2) is 5.47. The van der Waals surface area contributed by atoms with Crippen molar-refractivity contribution in [1.29, 1.82) is 0 Å². The molecule has 0 aromatic carbocycles. The van der Waals surface area contributed by atoms with Crippen LogP contribution in [0, 0.1) is 13.8 Å². The highest BCUT2D eigenvalue weighted by Gasteiger charge is 2.47. The molecular formula is C17H17N5O2S. The highest BCUT2D eigenvalue weighted by atomic mass is 32.1. The summed E-state index contributed by atoms with van der Waals surface area (Å²) < 4.78 is 0. The Morgan fingerprint density at radius 1 is 1.36 bits per heavy atom. The van der Waals surface area contributed by atoms with E-state index in [1.165, 1.54) is 4.88 Å². The summed E-state index contributed by atoms with van der Waals surface area (Å²) in [5.74, 6) is 0.586. The van der Waals surface area contributed by atoms with Gasteiger partial charge in [0.25, 0.3) is 5.91 Å². The molecule has 3 N–H and O–H groups in total. The van der Waals surface area contributed by atoms with Crippen LogP contribution in [0.15, 0.2) is 24.5 Å². The monoisotopic (exact) mass is 355 g/mol. The molecule has 1 fully saturated rings. The van der Waals surface area contributed by atoms with E-state index in [-0.39, 0.29) is 13.1 Å². The van der Waals surface area contributed by atoms with Crippen molar-refractivity contribution in [2.75, 3.05) is 18.0 Å². The van der Waals surface area contributed by atoms with Gasteiger partial charge in [0.15, 0.2) is 11.4 Å². The predicted octanol–water partition coefficient (Wildman–Crippen LogP) is 1.41. The maximum atomic E-state index is 11.4. The molecule has 1 saturated heterocycles. The van der Waals surface area contributed by atoms with Gasteiger partial charge in [-0.2, -0.15) is 0 Å². The molecule has 7 nitrogen and oxygen atoms in total. The summed E-state index contributed by atoms with van der Waals surface area (Å²) in [6.45, 7) is 4.35. The largest absolute Gasteiger partial charge is 0.377 e. The van der Waals surface area contributed by atoms with Gasteiger partial charge in [0, 0.05) is 22.8 Å². The normalized spacial score (nSPS) is 16.0. The van der Waals surface area contributed by atoms with E-state index in [1.54, 1.807) is 23.7 Å². The molecule has 1 aliphatic heterocycles. The van der Waals surface area contributed by atoms with Crippen LogP contribution in [0.3, 0.4) is 0 Å². The van der Waals surface area contributed by atoms with Crippen LogP contribution in [0.2, 0.25) is 0 Å². The molecule has 128 valence electrons. The van der Waals surface area contributed by atoms with E-state index in [9.17, 15) is 9.90 Å². The third kappa shape index (κ3) is 2.45. The summed E-state index contributed by atoms with van der Waals surface area (Å²) in [6.07, 6.45) is 3.42. The highest BCUT2D eigenvalue weighted by molar-refractivity contribution is 7.18. The molecule has 0 saturated carbocycles. The van der Waals surface area contributed by atoms with Crippen molar-refractivity contribution in [2.24, 2.45) is 5.73 Å². The number of nitrogens with two attached hydrogens (primary N) is 1. The van der Waals surface area contributed by atoms with Gasteiger partial charge >= 0.3 is 0 Å². The number of pyridine rings is 1. The molecule has 0 radical (unpaired) electrons. The van der Waals surface area contributed by atoms with Crippen LogP contribution in [0.1, 0.15) is 10.4 Å². The first-order valence-corrected chi connectivity index (χ1v) is 8.66. The lowest BCUT2D eigenvalue weighted by Crippen LogP contribution is -2.68. The number of nitrogens with zero attached hydrogens (tertiary/aromatic N) is 4. The number of amides is 1. The Kier molecular flexibility index (Phi) is 3.48. The number of primary amides is 1. The second-order valence-electron chi connectivity index (χ2n) is 6.33. The van der Waals surface area contributed by atoms with Crippen molar-refractivity contribution >= 4 is 33.3 Å². The average Bonchev–Trinajstić information content (AvgIpc) is 2.86. The van der Waals surface area contributed by atoms with Crippen LogP contribution in [0.5, 0.6) is 0 Å².